The number of nitrogens with zero attached hydrogens (tertiary/aromatic N) is 2. The van der Waals surface area contributed by atoms with Gasteiger partial charge in [-0.25, -0.2) is 9.37 Å². The summed E-state index contributed by atoms with van der Waals surface area (Å²) in [6, 6.07) is 4.99. The highest BCUT2D eigenvalue weighted by Crippen LogP contribution is 2.07. The molecule has 0 amide bonds. The molecule has 0 fully saturated rings. The van der Waals surface area contributed by atoms with Crippen LogP contribution in [0.5, 0.6) is 0 Å². The molecule has 0 bridgehead atoms. The molecule has 0 aliphatic rings. The van der Waals surface area contributed by atoms with Crippen molar-refractivity contribution in [1.82, 2.24) is 4.98 Å². The summed E-state index contributed by atoms with van der Waals surface area (Å²) in [7, 11) is 0. The van der Waals surface area contributed by atoms with E-state index in [0.717, 1.165) is 0 Å². The zero-order valence-electron chi connectivity index (χ0n) is 6.13. The standard InChI is InChI=1S/C8H7FN2/c1-6-7(4-9)2-3-8(5-10)11-6/h2-3H,4H2,1H3. The minimum atomic E-state index is -0.523. The summed E-state index contributed by atoms with van der Waals surface area (Å²) >= 11 is 0. The number of alkyl halides is 1. The van der Waals surface area contributed by atoms with Gasteiger partial charge in [0.05, 0.1) is 0 Å². The third-order valence-electron chi connectivity index (χ3n) is 1.45. The lowest BCUT2D eigenvalue weighted by molar-refractivity contribution is 0.482. The van der Waals surface area contributed by atoms with Gasteiger partial charge >= 0.3 is 0 Å². The third-order valence-corrected chi connectivity index (χ3v) is 1.45. The molecule has 0 aliphatic carbocycles. The number of nitriles is 1. The van der Waals surface area contributed by atoms with Crippen molar-refractivity contribution in [2.75, 3.05) is 0 Å². The summed E-state index contributed by atoms with van der Waals surface area (Å²) in [5.74, 6) is 0. The van der Waals surface area contributed by atoms with Gasteiger partial charge in [-0.1, -0.05) is 6.07 Å². The predicted octanol–water partition coefficient (Wildman–Crippen LogP) is 1.73. The Labute approximate surface area is 64.3 Å². The Balaban J connectivity index is 3.12. The van der Waals surface area contributed by atoms with Crippen LogP contribution in [0.3, 0.4) is 0 Å². The minimum Gasteiger partial charge on any atom is -0.246 e. The Hall–Kier alpha value is -1.43. The molecular weight excluding hydrogens is 143 g/mol. The maximum atomic E-state index is 12.1. The van der Waals surface area contributed by atoms with Gasteiger partial charge in [0.15, 0.2) is 0 Å². The largest absolute Gasteiger partial charge is 0.246 e. The number of pyridine rings is 1. The molecule has 0 radical (unpaired) electrons. The first-order valence-corrected chi connectivity index (χ1v) is 3.20. The molecule has 0 N–H and O–H groups in total. The van der Waals surface area contributed by atoms with Crippen molar-refractivity contribution in [3.63, 3.8) is 0 Å². The van der Waals surface area contributed by atoms with Gasteiger partial charge in [0, 0.05) is 11.3 Å². The van der Waals surface area contributed by atoms with E-state index in [-0.39, 0.29) is 0 Å². The van der Waals surface area contributed by atoms with Crippen LogP contribution in [0.4, 0.5) is 4.39 Å². The highest BCUT2D eigenvalue weighted by Gasteiger charge is 1.99. The summed E-state index contributed by atoms with van der Waals surface area (Å²) in [5.41, 5.74) is 1.47. The molecule has 1 aromatic rings. The van der Waals surface area contributed by atoms with Crippen LogP contribution in [-0.2, 0) is 6.67 Å². The Morgan fingerprint density at radius 1 is 1.64 bits per heavy atom. The lowest BCUT2D eigenvalue weighted by Crippen LogP contribution is -1.91. The minimum absolute atomic E-state index is 0.333. The SMILES string of the molecule is Cc1nc(C#N)ccc1CF. The highest BCUT2D eigenvalue weighted by atomic mass is 19.1. The van der Waals surface area contributed by atoms with E-state index in [4.69, 9.17) is 5.26 Å². The quantitative estimate of drug-likeness (QED) is 0.611. The monoisotopic (exact) mass is 150 g/mol. The van der Waals surface area contributed by atoms with Crippen LogP contribution < -0.4 is 0 Å². The van der Waals surface area contributed by atoms with Crippen molar-refractivity contribution in [2.24, 2.45) is 0 Å². The van der Waals surface area contributed by atoms with Crippen LogP contribution in [-0.4, -0.2) is 4.98 Å². The molecule has 0 unspecified atom stereocenters. The lowest BCUT2D eigenvalue weighted by Gasteiger charge is -1.98. The van der Waals surface area contributed by atoms with Crippen molar-refractivity contribution in [3.05, 3.63) is 29.1 Å². The molecule has 3 heteroatoms. The Morgan fingerprint density at radius 3 is 2.82 bits per heavy atom. The number of hydrogen-bond donors (Lipinski definition) is 0. The Bertz CT molecular complexity index is 301. The van der Waals surface area contributed by atoms with Gasteiger partial charge in [0.1, 0.15) is 18.4 Å². The summed E-state index contributed by atoms with van der Waals surface area (Å²) < 4.78 is 12.1. The van der Waals surface area contributed by atoms with E-state index in [1.807, 2.05) is 6.07 Å². The number of hydrogen-bond acceptors (Lipinski definition) is 2. The number of aryl methyl sites for hydroxylation is 1. The molecule has 1 aromatic heterocycles. The second kappa shape index (κ2) is 3.11. The summed E-state index contributed by atoms with van der Waals surface area (Å²) in [4.78, 5) is 3.86. The van der Waals surface area contributed by atoms with Crippen LogP contribution >= 0.6 is 0 Å². The van der Waals surface area contributed by atoms with E-state index in [2.05, 4.69) is 4.98 Å². The van der Waals surface area contributed by atoms with Crippen molar-refractivity contribution < 1.29 is 4.39 Å². The van der Waals surface area contributed by atoms with Gasteiger partial charge in [-0.3, -0.25) is 0 Å². The predicted molar refractivity (Wildman–Crippen MR) is 38.5 cm³/mol. The first-order chi connectivity index (χ1) is 5.27. The normalized spacial score (nSPS) is 9.18. The van der Waals surface area contributed by atoms with Crippen molar-refractivity contribution >= 4 is 0 Å². The fourth-order valence-corrected chi connectivity index (χ4v) is 0.793. The van der Waals surface area contributed by atoms with E-state index < -0.39 is 6.67 Å². The van der Waals surface area contributed by atoms with Gasteiger partial charge < -0.3 is 0 Å². The first-order valence-electron chi connectivity index (χ1n) is 3.20. The maximum absolute atomic E-state index is 12.1. The smallest absolute Gasteiger partial charge is 0.140 e. The molecule has 0 aliphatic heterocycles. The second-order valence-electron chi connectivity index (χ2n) is 2.19. The van der Waals surface area contributed by atoms with Crippen LogP contribution in [0.15, 0.2) is 12.1 Å². The molecule has 0 saturated carbocycles. The fourth-order valence-electron chi connectivity index (χ4n) is 0.793. The first kappa shape index (κ1) is 7.67. The third kappa shape index (κ3) is 1.53. The highest BCUT2D eigenvalue weighted by molar-refractivity contribution is 5.27. The van der Waals surface area contributed by atoms with Crippen molar-refractivity contribution in [3.8, 4) is 6.07 Å². The molecule has 0 saturated heterocycles. The Kier molecular flexibility index (Phi) is 2.17. The van der Waals surface area contributed by atoms with E-state index in [9.17, 15) is 4.39 Å². The molecule has 1 rings (SSSR count). The lowest BCUT2D eigenvalue weighted by atomic mass is 10.2. The zero-order valence-corrected chi connectivity index (χ0v) is 6.13. The van der Waals surface area contributed by atoms with Crippen molar-refractivity contribution in [2.45, 2.75) is 13.6 Å². The van der Waals surface area contributed by atoms with Gasteiger partial charge in [-0.2, -0.15) is 5.26 Å². The molecule has 0 spiro atoms. The number of rotatable bonds is 1. The van der Waals surface area contributed by atoms with Crippen LogP contribution in [0.1, 0.15) is 17.0 Å². The van der Waals surface area contributed by atoms with Gasteiger partial charge in [0.2, 0.25) is 0 Å². The van der Waals surface area contributed by atoms with Crippen molar-refractivity contribution in [1.29, 1.82) is 5.26 Å². The topological polar surface area (TPSA) is 36.7 Å². The summed E-state index contributed by atoms with van der Waals surface area (Å²) in [5, 5.41) is 8.42. The summed E-state index contributed by atoms with van der Waals surface area (Å²) in [6.07, 6.45) is 0. The van der Waals surface area contributed by atoms with E-state index >= 15 is 0 Å². The molecule has 0 aromatic carbocycles. The zero-order chi connectivity index (χ0) is 8.27. The molecule has 1 heterocycles. The average molecular weight is 150 g/mol. The fraction of sp³-hybridized carbons (Fsp3) is 0.250. The molecule has 11 heavy (non-hydrogen) atoms. The van der Waals surface area contributed by atoms with Gasteiger partial charge in [-0.05, 0) is 13.0 Å². The Morgan fingerprint density at radius 2 is 2.36 bits per heavy atom. The van der Waals surface area contributed by atoms with Gasteiger partial charge in [-0.15, -0.1) is 0 Å². The number of aromatic nitrogens is 1. The van der Waals surface area contributed by atoms with Crippen LogP contribution in [0.25, 0.3) is 0 Å². The molecular formula is C8H7FN2. The average Bonchev–Trinajstić information content (AvgIpc) is 2.04. The van der Waals surface area contributed by atoms with Crippen LogP contribution in [0, 0.1) is 18.3 Å². The molecule has 56 valence electrons. The summed E-state index contributed by atoms with van der Waals surface area (Å²) in [6.45, 7) is 1.17. The van der Waals surface area contributed by atoms with E-state index in [0.29, 0.717) is 17.0 Å². The van der Waals surface area contributed by atoms with Gasteiger partial charge in [0.25, 0.3) is 0 Å². The van der Waals surface area contributed by atoms with Crippen LogP contribution in [0.2, 0.25) is 0 Å². The second-order valence-corrected chi connectivity index (χ2v) is 2.19. The molecule has 0 atom stereocenters. The number of halogens is 1. The molecule has 2 nitrogen and oxygen atoms in total. The van der Waals surface area contributed by atoms with E-state index in [1.54, 1.807) is 13.0 Å². The maximum Gasteiger partial charge on any atom is 0.140 e. The van der Waals surface area contributed by atoms with E-state index in [1.165, 1.54) is 6.07 Å².